The van der Waals surface area contributed by atoms with Crippen molar-refractivity contribution in [3.05, 3.63) is 64.9 Å². The lowest BCUT2D eigenvalue weighted by molar-refractivity contribution is -0.136. The number of benzene rings is 2. The standard InChI is InChI=1S/C22H21NO5/c1-13-4-7-15(8-5-13)23-17-12-28-22(25)21(17)16(11-20(23)24)14-6-9-18(26-2)19(10-14)27-3/h4-10,16H,11-12H2,1-3H3/t16-/m1/s1. The summed E-state index contributed by atoms with van der Waals surface area (Å²) in [5, 5.41) is 0. The van der Waals surface area contributed by atoms with Crippen LogP contribution >= 0.6 is 0 Å². The molecule has 1 amide bonds. The van der Waals surface area contributed by atoms with Crippen LogP contribution in [0.1, 0.15) is 23.5 Å². The Balaban J connectivity index is 1.80. The van der Waals surface area contributed by atoms with Crippen LogP contribution in [0, 0.1) is 6.92 Å². The number of aryl methyl sites for hydroxylation is 1. The molecule has 0 radical (unpaired) electrons. The van der Waals surface area contributed by atoms with Crippen molar-refractivity contribution in [3.63, 3.8) is 0 Å². The van der Waals surface area contributed by atoms with Gasteiger partial charge >= 0.3 is 5.97 Å². The number of anilines is 1. The Morgan fingerprint density at radius 3 is 2.39 bits per heavy atom. The van der Waals surface area contributed by atoms with Gasteiger partial charge in [-0.25, -0.2) is 4.79 Å². The highest BCUT2D eigenvalue weighted by Crippen LogP contribution is 2.43. The molecule has 2 aliphatic rings. The molecule has 0 fully saturated rings. The lowest BCUT2D eigenvalue weighted by Crippen LogP contribution is -2.37. The van der Waals surface area contributed by atoms with Crippen LogP contribution in [0.25, 0.3) is 0 Å². The van der Waals surface area contributed by atoms with Gasteiger partial charge in [-0.05, 0) is 36.8 Å². The Morgan fingerprint density at radius 1 is 1.00 bits per heavy atom. The molecule has 0 unspecified atom stereocenters. The van der Waals surface area contributed by atoms with E-state index in [0.29, 0.717) is 22.8 Å². The zero-order valence-corrected chi connectivity index (χ0v) is 16.0. The number of methoxy groups -OCH3 is 2. The second-order valence-corrected chi connectivity index (χ2v) is 6.87. The fourth-order valence-corrected chi connectivity index (χ4v) is 3.80. The number of carbonyl (C=O) groups is 2. The minimum Gasteiger partial charge on any atom is -0.493 e. The molecule has 0 aliphatic carbocycles. The van der Waals surface area contributed by atoms with Crippen molar-refractivity contribution in [1.82, 2.24) is 0 Å². The van der Waals surface area contributed by atoms with E-state index in [0.717, 1.165) is 16.8 Å². The molecule has 0 spiro atoms. The molecule has 1 atom stereocenters. The van der Waals surface area contributed by atoms with Crippen LogP contribution in [0.2, 0.25) is 0 Å². The third-order valence-corrected chi connectivity index (χ3v) is 5.22. The second-order valence-electron chi connectivity index (χ2n) is 6.87. The molecule has 28 heavy (non-hydrogen) atoms. The van der Waals surface area contributed by atoms with Crippen LogP contribution in [0.4, 0.5) is 5.69 Å². The van der Waals surface area contributed by atoms with E-state index in [1.807, 2.05) is 43.3 Å². The number of nitrogens with zero attached hydrogens (tertiary/aromatic N) is 1. The van der Waals surface area contributed by atoms with Gasteiger partial charge in [0.2, 0.25) is 5.91 Å². The number of hydrogen-bond acceptors (Lipinski definition) is 5. The Labute approximate surface area is 163 Å². The van der Waals surface area contributed by atoms with Crippen LogP contribution in [0.5, 0.6) is 11.5 Å². The van der Waals surface area contributed by atoms with Crippen molar-refractivity contribution in [2.24, 2.45) is 0 Å². The van der Waals surface area contributed by atoms with E-state index in [1.54, 1.807) is 25.2 Å². The number of esters is 1. The SMILES string of the molecule is COc1ccc([C@H]2CC(=O)N(c3ccc(C)cc3)C3=C2C(=O)OC3)cc1OC. The molecule has 2 aliphatic heterocycles. The molecular weight excluding hydrogens is 358 g/mol. The van der Waals surface area contributed by atoms with E-state index >= 15 is 0 Å². The van der Waals surface area contributed by atoms with Gasteiger partial charge in [0.15, 0.2) is 11.5 Å². The number of ether oxygens (including phenoxy) is 3. The molecule has 4 rings (SSSR count). The fourth-order valence-electron chi connectivity index (χ4n) is 3.80. The highest BCUT2D eigenvalue weighted by atomic mass is 16.5. The highest BCUT2D eigenvalue weighted by molar-refractivity contribution is 6.06. The minimum atomic E-state index is -0.376. The topological polar surface area (TPSA) is 65.1 Å². The van der Waals surface area contributed by atoms with Crippen molar-refractivity contribution in [1.29, 1.82) is 0 Å². The Morgan fingerprint density at radius 2 is 1.71 bits per heavy atom. The summed E-state index contributed by atoms with van der Waals surface area (Å²) in [5.74, 6) is 0.332. The predicted molar refractivity (Wildman–Crippen MR) is 104 cm³/mol. The summed E-state index contributed by atoms with van der Waals surface area (Å²) >= 11 is 0. The molecule has 0 aromatic heterocycles. The highest BCUT2D eigenvalue weighted by Gasteiger charge is 2.43. The van der Waals surface area contributed by atoms with Crippen LogP contribution < -0.4 is 14.4 Å². The van der Waals surface area contributed by atoms with Crippen molar-refractivity contribution < 1.29 is 23.8 Å². The third-order valence-electron chi connectivity index (χ3n) is 5.22. The van der Waals surface area contributed by atoms with Gasteiger partial charge < -0.3 is 14.2 Å². The van der Waals surface area contributed by atoms with Crippen molar-refractivity contribution in [2.45, 2.75) is 19.3 Å². The van der Waals surface area contributed by atoms with Gasteiger partial charge in [-0.3, -0.25) is 9.69 Å². The third kappa shape index (κ3) is 2.91. The maximum atomic E-state index is 13.1. The van der Waals surface area contributed by atoms with Gasteiger partial charge in [-0.2, -0.15) is 0 Å². The van der Waals surface area contributed by atoms with E-state index in [9.17, 15) is 9.59 Å². The molecule has 6 nitrogen and oxygen atoms in total. The number of hydrogen-bond donors (Lipinski definition) is 0. The number of amides is 1. The number of rotatable bonds is 4. The Kier molecular flexibility index (Phi) is 4.55. The summed E-state index contributed by atoms with van der Waals surface area (Å²) < 4.78 is 16.0. The molecular formula is C22H21NO5. The molecule has 0 bridgehead atoms. The first-order chi connectivity index (χ1) is 13.5. The molecule has 2 aromatic carbocycles. The maximum Gasteiger partial charge on any atom is 0.336 e. The minimum absolute atomic E-state index is 0.0688. The zero-order chi connectivity index (χ0) is 19.8. The quantitative estimate of drug-likeness (QED) is 0.763. The van der Waals surface area contributed by atoms with E-state index in [4.69, 9.17) is 14.2 Å². The normalized spacial score (nSPS) is 18.8. The van der Waals surface area contributed by atoms with E-state index < -0.39 is 0 Å². The fraction of sp³-hybridized carbons (Fsp3) is 0.273. The molecule has 0 N–H and O–H groups in total. The molecule has 6 heteroatoms. The van der Waals surface area contributed by atoms with Crippen LogP contribution in [0.15, 0.2) is 53.7 Å². The van der Waals surface area contributed by atoms with E-state index in [2.05, 4.69) is 0 Å². The second kappa shape index (κ2) is 7.03. The Bertz CT molecular complexity index is 977. The Hall–Kier alpha value is -3.28. The van der Waals surface area contributed by atoms with Gasteiger partial charge in [0.1, 0.15) is 6.61 Å². The molecule has 2 aromatic rings. The number of cyclic esters (lactones) is 1. The first-order valence-corrected chi connectivity index (χ1v) is 9.05. The van der Waals surface area contributed by atoms with Crippen LogP contribution in [-0.2, 0) is 14.3 Å². The summed E-state index contributed by atoms with van der Waals surface area (Å²) in [4.78, 5) is 27.2. The van der Waals surface area contributed by atoms with E-state index in [1.165, 1.54) is 0 Å². The molecule has 0 saturated heterocycles. The predicted octanol–water partition coefficient (Wildman–Crippen LogP) is 3.34. The summed E-state index contributed by atoms with van der Waals surface area (Å²) in [7, 11) is 3.12. The lowest BCUT2D eigenvalue weighted by atomic mass is 9.84. The molecule has 144 valence electrons. The largest absolute Gasteiger partial charge is 0.493 e. The average molecular weight is 379 g/mol. The van der Waals surface area contributed by atoms with Gasteiger partial charge in [0.05, 0.1) is 25.5 Å². The zero-order valence-electron chi connectivity index (χ0n) is 16.0. The first kappa shape index (κ1) is 18.1. The summed E-state index contributed by atoms with van der Waals surface area (Å²) in [6.45, 7) is 2.08. The smallest absolute Gasteiger partial charge is 0.336 e. The van der Waals surface area contributed by atoms with Gasteiger partial charge in [-0.1, -0.05) is 23.8 Å². The number of carbonyl (C=O) groups excluding carboxylic acids is 2. The van der Waals surface area contributed by atoms with Crippen LogP contribution in [-0.4, -0.2) is 32.7 Å². The van der Waals surface area contributed by atoms with Gasteiger partial charge in [0, 0.05) is 18.0 Å². The summed E-state index contributed by atoms with van der Waals surface area (Å²) in [6, 6.07) is 13.1. The monoisotopic (exact) mass is 379 g/mol. The van der Waals surface area contributed by atoms with Gasteiger partial charge in [-0.15, -0.1) is 0 Å². The summed E-state index contributed by atoms with van der Waals surface area (Å²) in [5.41, 5.74) is 3.81. The first-order valence-electron chi connectivity index (χ1n) is 9.05. The van der Waals surface area contributed by atoms with Crippen molar-refractivity contribution >= 4 is 17.6 Å². The average Bonchev–Trinajstić information content (AvgIpc) is 3.09. The van der Waals surface area contributed by atoms with Gasteiger partial charge in [0.25, 0.3) is 0 Å². The molecule has 0 saturated carbocycles. The van der Waals surface area contributed by atoms with Crippen molar-refractivity contribution in [3.8, 4) is 11.5 Å². The van der Waals surface area contributed by atoms with Crippen LogP contribution in [0.3, 0.4) is 0 Å². The maximum absolute atomic E-state index is 13.1. The molecule has 2 heterocycles. The van der Waals surface area contributed by atoms with Crippen molar-refractivity contribution in [2.75, 3.05) is 25.7 Å². The summed E-state index contributed by atoms with van der Waals surface area (Å²) in [6.07, 6.45) is 0.178. The van der Waals surface area contributed by atoms with E-state index in [-0.39, 0.29) is 30.8 Å². The lowest BCUT2D eigenvalue weighted by Gasteiger charge is -2.32.